The minimum atomic E-state index is -0.114. The Morgan fingerprint density at radius 3 is 3.00 bits per heavy atom. The highest BCUT2D eigenvalue weighted by atomic mass is 16.5. The van der Waals surface area contributed by atoms with Gasteiger partial charge in [0.05, 0.1) is 17.8 Å². The van der Waals surface area contributed by atoms with Crippen LogP contribution in [0.15, 0.2) is 23.3 Å². The molecule has 0 spiro atoms. The third-order valence-corrected chi connectivity index (χ3v) is 4.12. The van der Waals surface area contributed by atoms with Gasteiger partial charge in [0.25, 0.3) is 5.91 Å². The van der Waals surface area contributed by atoms with E-state index in [-0.39, 0.29) is 11.9 Å². The zero-order valence-corrected chi connectivity index (χ0v) is 13.7. The second-order valence-electron chi connectivity index (χ2n) is 6.50. The van der Waals surface area contributed by atoms with E-state index in [1.54, 1.807) is 6.20 Å². The largest absolute Gasteiger partial charge is 0.343 e. The smallest absolute Gasteiger partial charge is 0.257 e. The first-order valence-electron chi connectivity index (χ1n) is 8.25. The van der Waals surface area contributed by atoms with E-state index in [0.717, 1.165) is 32.2 Å². The van der Waals surface area contributed by atoms with Crippen molar-refractivity contribution in [3.63, 3.8) is 0 Å². The molecule has 0 unspecified atom stereocenters. The summed E-state index contributed by atoms with van der Waals surface area (Å²) in [6, 6.07) is -0.114. The highest BCUT2D eigenvalue weighted by Crippen LogP contribution is 2.29. The van der Waals surface area contributed by atoms with Crippen LogP contribution in [0.1, 0.15) is 61.8 Å². The van der Waals surface area contributed by atoms with Crippen molar-refractivity contribution in [1.82, 2.24) is 24.8 Å². The van der Waals surface area contributed by atoms with E-state index < -0.39 is 0 Å². The zero-order valence-electron chi connectivity index (χ0n) is 13.7. The Bertz CT molecular complexity index is 635. The first kappa shape index (κ1) is 15.7. The summed E-state index contributed by atoms with van der Waals surface area (Å²) >= 11 is 0. The highest BCUT2D eigenvalue weighted by Gasteiger charge is 2.30. The fraction of sp³-hybridized carbons (Fsp3) is 0.625. The van der Waals surface area contributed by atoms with Gasteiger partial charge in [-0.2, -0.15) is 10.1 Å². The lowest BCUT2D eigenvalue weighted by molar-refractivity contribution is 0.0670. The number of rotatable bonds is 4. The fourth-order valence-electron chi connectivity index (χ4n) is 3.06. The van der Waals surface area contributed by atoms with Crippen LogP contribution in [0.3, 0.4) is 0 Å². The van der Waals surface area contributed by atoms with Crippen molar-refractivity contribution >= 4 is 5.91 Å². The molecule has 0 radical (unpaired) electrons. The molecule has 0 aromatic carbocycles. The minimum absolute atomic E-state index is 0.00305. The van der Waals surface area contributed by atoms with Gasteiger partial charge in [0.2, 0.25) is 6.39 Å². The van der Waals surface area contributed by atoms with E-state index in [2.05, 4.69) is 29.1 Å². The molecular weight excluding hydrogens is 294 g/mol. The number of hydrogen-bond acceptors (Lipinski definition) is 5. The van der Waals surface area contributed by atoms with Gasteiger partial charge in [-0.15, -0.1) is 0 Å². The quantitative estimate of drug-likeness (QED) is 0.866. The second kappa shape index (κ2) is 6.93. The number of aromatic nitrogens is 4. The monoisotopic (exact) mass is 317 g/mol. The van der Waals surface area contributed by atoms with Gasteiger partial charge in [0.1, 0.15) is 0 Å². The molecule has 0 aliphatic carbocycles. The van der Waals surface area contributed by atoms with E-state index >= 15 is 0 Å². The van der Waals surface area contributed by atoms with Crippen molar-refractivity contribution in [3.8, 4) is 0 Å². The maximum absolute atomic E-state index is 12.9. The molecule has 0 bridgehead atoms. The van der Waals surface area contributed by atoms with Crippen LogP contribution >= 0.6 is 0 Å². The van der Waals surface area contributed by atoms with Gasteiger partial charge in [-0.25, -0.2) is 0 Å². The summed E-state index contributed by atoms with van der Waals surface area (Å²) in [6.45, 7) is 5.78. The van der Waals surface area contributed by atoms with Gasteiger partial charge in [0.15, 0.2) is 5.82 Å². The Balaban J connectivity index is 1.81. The van der Waals surface area contributed by atoms with Crippen LogP contribution in [0.25, 0.3) is 0 Å². The van der Waals surface area contributed by atoms with Gasteiger partial charge < -0.3 is 9.42 Å². The Kier molecular flexibility index (Phi) is 4.73. The Labute approximate surface area is 135 Å². The first-order valence-corrected chi connectivity index (χ1v) is 8.25. The average Bonchev–Trinajstić information content (AvgIpc) is 3.14. The van der Waals surface area contributed by atoms with E-state index in [1.807, 2.05) is 15.8 Å². The number of carbonyl (C=O) groups is 1. The molecule has 1 fully saturated rings. The molecule has 2 aromatic heterocycles. The molecule has 0 saturated carbocycles. The van der Waals surface area contributed by atoms with Crippen LogP contribution in [-0.2, 0) is 6.54 Å². The van der Waals surface area contributed by atoms with Crippen molar-refractivity contribution in [2.45, 2.75) is 52.1 Å². The molecule has 3 rings (SSSR count). The number of carbonyl (C=O) groups excluding carboxylic acids is 1. The molecule has 1 aliphatic heterocycles. The molecule has 7 nitrogen and oxygen atoms in total. The van der Waals surface area contributed by atoms with Gasteiger partial charge in [0, 0.05) is 19.3 Å². The molecule has 1 atom stereocenters. The molecule has 0 N–H and O–H groups in total. The van der Waals surface area contributed by atoms with Gasteiger partial charge >= 0.3 is 0 Å². The molecule has 1 saturated heterocycles. The van der Waals surface area contributed by atoms with Crippen molar-refractivity contribution in [1.29, 1.82) is 0 Å². The number of amides is 1. The lowest BCUT2D eigenvalue weighted by Crippen LogP contribution is -2.35. The highest BCUT2D eigenvalue weighted by molar-refractivity contribution is 5.94. The minimum Gasteiger partial charge on any atom is -0.343 e. The third kappa shape index (κ3) is 3.60. The van der Waals surface area contributed by atoms with Crippen LogP contribution in [0, 0.1) is 5.92 Å². The van der Waals surface area contributed by atoms with Crippen molar-refractivity contribution in [2.75, 3.05) is 6.54 Å². The molecule has 3 heterocycles. The SMILES string of the molecule is CC(C)Cn1cc(C(=O)N2CCCCC[C@@H]2c2ncon2)cn1. The molecule has 124 valence electrons. The summed E-state index contributed by atoms with van der Waals surface area (Å²) in [5.74, 6) is 1.08. The van der Waals surface area contributed by atoms with Gasteiger partial charge in [-0.05, 0) is 18.8 Å². The van der Waals surface area contributed by atoms with Gasteiger partial charge in [-0.1, -0.05) is 31.8 Å². The second-order valence-corrected chi connectivity index (χ2v) is 6.50. The lowest BCUT2D eigenvalue weighted by Gasteiger charge is -2.27. The van der Waals surface area contributed by atoms with Crippen molar-refractivity contribution < 1.29 is 9.32 Å². The normalized spacial score (nSPS) is 19.1. The molecule has 23 heavy (non-hydrogen) atoms. The van der Waals surface area contributed by atoms with E-state index in [4.69, 9.17) is 4.52 Å². The van der Waals surface area contributed by atoms with Crippen LogP contribution in [0.5, 0.6) is 0 Å². The molecule has 2 aromatic rings. The summed E-state index contributed by atoms with van der Waals surface area (Å²) in [5, 5.41) is 8.25. The van der Waals surface area contributed by atoms with E-state index in [0.29, 0.717) is 23.9 Å². The Hall–Kier alpha value is -2.18. The third-order valence-electron chi connectivity index (χ3n) is 4.12. The number of hydrogen-bond donors (Lipinski definition) is 0. The van der Waals surface area contributed by atoms with E-state index in [1.165, 1.54) is 6.39 Å². The summed E-state index contributed by atoms with van der Waals surface area (Å²) < 4.78 is 6.71. The maximum Gasteiger partial charge on any atom is 0.257 e. The predicted octanol–water partition coefficient (Wildman–Crippen LogP) is 2.68. The summed E-state index contributed by atoms with van der Waals surface area (Å²) in [7, 11) is 0. The lowest BCUT2D eigenvalue weighted by atomic mass is 10.1. The number of nitrogens with zero attached hydrogens (tertiary/aromatic N) is 5. The summed E-state index contributed by atoms with van der Waals surface area (Å²) in [5.41, 5.74) is 0.626. The van der Waals surface area contributed by atoms with Crippen LogP contribution in [-0.4, -0.2) is 37.3 Å². The Morgan fingerprint density at radius 2 is 2.26 bits per heavy atom. The zero-order chi connectivity index (χ0) is 16.2. The first-order chi connectivity index (χ1) is 11.1. The maximum atomic E-state index is 12.9. The van der Waals surface area contributed by atoms with E-state index in [9.17, 15) is 4.79 Å². The van der Waals surface area contributed by atoms with Gasteiger partial charge in [-0.3, -0.25) is 9.48 Å². The van der Waals surface area contributed by atoms with Crippen molar-refractivity contribution in [3.05, 3.63) is 30.2 Å². The average molecular weight is 317 g/mol. The molecule has 7 heteroatoms. The van der Waals surface area contributed by atoms with Crippen LogP contribution in [0.2, 0.25) is 0 Å². The summed E-state index contributed by atoms with van der Waals surface area (Å²) in [6.07, 6.45) is 8.86. The van der Waals surface area contributed by atoms with Crippen LogP contribution < -0.4 is 0 Å². The predicted molar refractivity (Wildman–Crippen MR) is 83.6 cm³/mol. The molecule has 1 amide bonds. The van der Waals surface area contributed by atoms with Crippen molar-refractivity contribution in [2.24, 2.45) is 5.92 Å². The molecular formula is C16H23N5O2. The summed E-state index contributed by atoms with van der Waals surface area (Å²) in [4.78, 5) is 19.0. The fourth-order valence-corrected chi connectivity index (χ4v) is 3.06. The number of likely N-dealkylation sites (tertiary alicyclic amines) is 1. The topological polar surface area (TPSA) is 77.0 Å². The van der Waals surface area contributed by atoms with Crippen LogP contribution in [0.4, 0.5) is 0 Å². The molecule has 1 aliphatic rings. The Morgan fingerprint density at radius 1 is 1.39 bits per heavy atom. The standard InChI is InChI=1S/C16H23N5O2/c1-12(2)9-20-10-13(8-18-20)16(22)21-7-5-3-4-6-14(21)15-17-11-23-19-15/h8,10-12,14H,3-7,9H2,1-2H3/t14-/m1/s1.